The first kappa shape index (κ1) is 16.1. The fourth-order valence-corrected chi connectivity index (χ4v) is 2.05. The number of ether oxygens (including phenoxy) is 1. The molecule has 1 aliphatic heterocycles. The van der Waals surface area contributed by atoms with Gasteiger partial charge < -0.3 is 14.7 Å². The summed E-state index contributed by atoms with van der Waals surface area (Å²) in [5.41, 5.74) is -0.723. The molecule has 2 unspecified atom stereocenters. The molecule has 0 aliphatic carbocycles. The van der Waals surface area contributed by atoms with Gasteiger partial charge in [-0.25, -0.2) is 13.6 Å². The predicted molar refractivity (Wildman–Crippen MR) is 67.2 cm³/mol. The van der Waals surface area contributed by atoms with E-state index in [0.29, 0.717) is 0 Å². The Hall–Kier alpha value is -0.910. The van der Waals surface area contributed by atoms with Crippen LogP contribution in [0.4, 0.5) is 13.6 Å². The Morgan fingerprint density at radius 3 is 2.53 bits per heavy atom. The van der Waals surface area contributed by atoms with Gasteiger partial charge in [-0.2, -0.15) is 0 Å². The Balaban J connectivity index is 2.80. The van der Waals surface area contributed by atoms with E-state index < -0.39 is 30.3 Å². The predicted octanol–water partition coefficient (Wildman–Crippen LogP) is 2.65. The van der Waals surface area contributed by atoms with E-state index in [2.05, 4.69) is 0 Å². The summed E-state index contributed by atoms with van der Waals surface area (Å²) in [5, 5.41) is 9.58. The number of likely N-dealkylation sites (tertiary alicyclic amines) is 1. The zero-order valence-corrected chi connectivity index (χ0v) is 11.9. The third kappa shape index (κ3) is 5.30. The summed E-state index contributed by atoms with van der Waals surface area (Å²) in [6.45, 7) is 6.07. The average Bonchev–Trinajstić information content (AvgIpc) is 2.34. The largest absolute Gasteiger partial charge is 0.444 e. The van der Waals surface area contributed by atoms with Gasteiger partial charge in [-0.15, -0.1) is 0 Å². The van der Waals surface area contributed by atoms with Crippen LogP contribution in [0.15, 0.2) is 0 Å². The number of aliphatic hydroxyl groups is 1. The number of carbonyl (C=O) groups excluding carboxylic acids is 1. The van der Waals surface area contributed by atoms with Gasteiger partial charge in [-0.1, -0.05) is 0 Å². The fourth-order valence-electron chi connectivity index (χ4n) is 2.05. The minimum absolute atomic E-state index is 0.0994. The van der Waals surface area contributed by atoms with E-state index in [4.69, 9.17) is 4.74 Å². The van der Waals surface area contributed by atoms with Crippen molar-refractivity contribution in [3.63, 3.8) is 0 Å². The lowest BCUT2D eigenvalue weighted by Gasteiger charge is -2.29. The van der Waals surface area contributed by atoms with Gasteiger partial charge in [-0.3, -0.25) is 0 Å². The molecular weight excluding hydrogens is 256 g/mol. The van der Waals surface area contributed by atoms with Gasteiger partial charge in [0.15, 0.2) is 0 Å². The van der Waals surface area contributed by atoms with E-state index in [1.54, 1.807) is 27.7 Å². The summed E-state index contributed by atoms with van der Waals surface area (Å²) in [5.74, 6) is -3.28. The number of rotatable bonds is 1. The smallest absolute Gasteiger partial charge is 0.410 e. The highest BCUT2D eigenvalue weighted by Crippen LogP contribution is 2.30. The molecule has 1 aliphatic rings. The third-order valence-electron chi connectivity index (χ3n) is 3.09. The molecule has 19 heavy (non-hydrogen) atoms. The first-order valence-corrected chi connectivity index (χ1v) is 6.54. The summed E-state index contributed by atoms with van der Waals surface area (Å²) in [4.78, 5) is 12.9. The normalized spacial score (nSPS) is 25.6. The van der Waals surface area contributed by atoms with Crippen LogP contribution in [0.1, 0.15) is 40.5 Å². The number of hydrogen-bond donors (Lipinski definition) is 1. The van der Waals surface area contributed by atoms with Gasteiger partial charge >= 0.3 is 6.09 Å². The van der Waals surface area contributed by atoms with Gasteiger partial charge in [0.1, 0.15) is 5.60 Å². The Kier molecular flexibility index (Phi) is 4.76. The molecule has 6 heteroatoms. The van der Waals surface area contributed by atoms with Crippen LogP contribution in [-0.4, -0.2) is 46.8 Å². The van der Waals surface area contributed by atoms with Crippen LogP contribution in [-0.2, 0) is 4.74 Å². The Bertz CT molecular complexity index is 326. The Labute approximate surface area is 112 Å². The summed E-state index contributed by atoms with van der Waals surface area (Å²) in [6, 6.07) is 0. The fraction of sp³-hybridized carbons (Fsp3) is 0.923. The van der Waals surface area contributed by atoms with Gasteiger partial charge in [0.2, 0.25) is 0 Å². The highest BCUT2D eigenvalue weighted by atomic mass is 19.3. The number of nitrogens with zero attached hydrogens (tertiary/aromatic N) is 1. The minimum Gasteiger partial charge on any atom is -0.444 e. The van der Waals surface area contributed by atoms with Crippen LogP contribution in [0.3, 0.4) is 0 Å². The van der Waals surface area contributed by atoms with Crippen LogP contribution in [0, 0.1) is 5.92 Å². The van der Waals surface area contributed by atoms with Crippen LogP contribution in [0.5, 0.6) is 0 Å². The number of carbonyl (C=O) groups is 1. The number of aliphatic hydroxyl groups excluding tert-OH is 1. The molecule has 0 saturated carbocycles. The standard InChI is InChI=1S/C13H23F2NO3/c1-9(17)10-5-6-13(14,15)8-16(7-10)11(18)19-12(2,3)4/h9-10,17H,5-8H2,1-4H3. The second kappa shape index (κ2) is 5.61. The molecule has 1 heterocycles. The number of hydrogen-bond acceptors (Lipinski definition) is 3. The molecule has 0 spiro atoms. The van der Waals surface area contributed by atoms with Crippen molar-refractivity contribution in [1.29, 1.82) is 0 Å². The second-order valence-corrected chi connectivity index (χ2v) is 6.26. The van der Waals surface area contributed by atoms with E-state index in [-0.39, 0.29) is 25.3 Å². The number of halogens is 2. The molecule has 1 rings (SSSR count). The van der Waals surface area contributed by atoms with Crippen LogP contribution < -0.4 is 0 Å². The summed E-state index contributed by atoms with van der Waals surface area (Å²) >= 11 is 0. The van der Waals surface area contributed by atoms with E-state index in [0.717, 1.165) is 4.90 Å². The Morgan fingerprint density at radius 1 is 1.47 bits per heavy atom. The van der Waals surface area contributed by atoms with E-state index in [1.807, 2.05) is 0 Å². The SMILES string of the molecule is CC(O)C1CCC(F)(F)CN(C(=O)OC(C)(C)C)C1. The topological polar surface area (TPSA) is 49.8 Å². The lowest BCUT2D eigenvalue weighted by Crippen LogP contribution is -2.44. The van der Waals surface area contributed by atoms with E-state index in [9.17, 15) is 18.7 Å². The summed E-state index contributed by atoms with van der Waals surface area (Å²) < 4.78 is 32.4. The van der Waals surface area contributed by atoms with Gasteiger partial charge in [-0.05, 0) is 34.1 Å². The third-order valence-corrected chi connectivity index (χ3v) is 3.09. The van der Waals surface area contributed by atoms with E-state index in [1.165, 1.54) is 0 Å². The van der Waals surface area contributed by atoms with Crippen molar-refractivity contribution in [2.24, 2.45) is 5.92 Å². The molecule has 4 nitrogen and oxygen atoms in total. The lowest BCUT2D eigenvalue weighted by molar-refractivity contribution is -0.0389. The van der Waals surface area contributed by atoms with Gasteiger partial charge in [0.25, 0.3) is 5.92 Å². The highest BCUT2D eigenvalue weighted by molar-refractivity contribution is 5.68. The van der Waals surface area contributed by atoms with Crippen molar-refractivity contribution in [2.75, 3.05) is 13.1 Å². The molecule has 1 fully saturated rings. The van der Waals surface area contributed by atoms with Crippen molar-refractivity contribution in [3.8, 4) is 0 Å². The minimum atomic E-state index is -2.93. The average molecular weight is 279 g/mol. The molecule has 112 valence electrons. The maximum atomic E-state index is 13.6. The van der Waals surface area contributed by atoms with Gasteiger partial charge in [0.05, 0.1) is 12.6 Å². The molecule has 0 aromatic heterocycles. The van der Waals surface area contributed by atoms with Crippen molar-refractivity contribution in [3.05, 3.63) is 0 Å². The lowest BCUT2D eigenvalue weighted by atomic mass is 9.97. The highest BCUT2D eigenvalue weighted by Gasteiger charge is 2.40. The number of alkyl halides is 2. The van der Waals surface area contributed by atoms with Crippen LogP contribution in [0.25, 0.3) is 0 Å². The van der Waals surface area contributed by atoms with Crippen LogP contribution in [0.2, 0.25) is 0 Å². The monoisotopic (exact) mass is 279 g/mol. The molecule has 0 radical (unpaired) electrons. The first-order chi connectivity index (χ1) is 8.50. The molecule has 2 atom stereocenters. The van der Waals surface area contributed by atoms with Crippen LogP contribution >= 0.6 is 0 Å². The van der Waals surface area contributed by atoms with Gasteiger partial charge in [0, 0.05) is 18.9 Å². The zero-order chi connectivity index (χ0) is 14.8. The summed E-state index contributed by atoms with van der Waals surface area (Å²) in [6.07, 6.45) is -1.59. The Morgan fingerprint density at radius 2 is 2.05 bits per heavy atom. The van der Waals surface area contributed by atoms with Crippen molar-refractivity contribution >= 4 is 6.09 Å². The van der Waals surface area contributed by atoms with E-state index >= 15 is 0 Å². The van der Waals surface area contributed by atoms with Crippen molar-refractivity contribution < 1.29 is 23.4 Å². The molecule has 0 aromatic carbocycles. The molecular formula is C13H23F2NO3. The first-order valence-electron chi connectivity index (χ1n) is 6.54. The molecule has 0 aromatic rings. The zero-order valence-electron chi connectivity index (χ0n) is 11.9. The maximum absolute atomic E-state index is 13.6. The molecule has 1 N–H and O–H groups in total. The second-order valence-electron chi connectivity index (χ2n) is 6.26. The molecule has 1 amide bonds. The summed E-state index contributed by atoms with van der Waals surface area (Å²) in [7, 11) is 0. The van der Waals surface area contributed by atoms with Crippen molar-refractivity contribution in [1.82, 2.24) is 4.90 Å². The van der Waals surface area contributed by atoms with Crippen molar-refractivity contribution in [2.45, 2.75) is 58.2 Å². The quantitative estimate of drug-likeness (QED) is 0.802. The molecule has 0 bridgehead atoms. The molecule has 1 saturated heterocycles. The number of amides is 1. The maximum Gasteiger partial charge on any atom is 0.410 e.